The van der Waals surface area contributed by atoms with E-state index >= 15 is 0 Å². The molecule has 0 fully saturated rings. The second-order valence-electron chi connectivity index (χ2n) is 5.78. The Balaban J connectivity index is 1.76. The minimum atomic E-state index is -0.365. The summed E-state index contributed by atoms with van der Waals surface area (Å²) in [6, 6.07) is 20.6. The van der Waals surface area contributed by atoms with Crippen molar-refractivity contribution in [2.75, 3.05) is 5.43 Å². The highest BCUT2D eigenvalue weighted by Gasteiger charge is 2.15. The van der Waals surface area contributed by atoms with Crippen molar-refractivity contribution in [2.45, 2.75) is 16.7 Å². The van der Waals surface area contributed by atoms with Gasteiger partial charge in [-0.3, -0.25) is 15.5 Å². The van der Waals surface area contributed by atoms with E-state index in [-0.39, 0.29) is 10.6 Å². The lowest BCUT2D eigenvalue weighted by atomic mass is 10.2. The number of benzene rings is 3. The number of rotatable bonds is 6. The van der Waals surface area contributed by atoms with Crippen LogP contribution in [-0.2, 0) is 0 Å². The van der Waals surface area contributed by atoms with Crippen LogP contribution in [0.2, 0.25) is 0 Å². The molecule has 0 heterocycles. The smallest absolute Gasteiger partial charge is 0.279 e. The maximum absolute atomic E-state index is 11.5. The van der Waals surface area contributed by atoms with Crippen LogP contribution in [-0.4, -0.2) is 11.1 Å². The molecule has 0 aromatic heterocycles. The number of aryl methyl sites for hydroxylation is 1. The molecule has 0 amide bonds. The van der Waals surface area contributed by atoms with Gasteiger partial charge < -0.3 is 0 Å². The van der Waals surface area contributed by atoms with E-state index in [4.69, 9.17) is 0 Å². The molecule has 0 aliphatic carbocycles. The first kappa shape index (κ1) is 19.1. The van der Waals surface area contributed by atoms with Gasteiger partial charge in [-0.2, -0.15) is 5.10 Å². The fourth-order valence-electron chi connectivity index (χ4n) is 2.28. The van der Waals surface area contributed by atoms with Crippen LogP contribution in [0.25, 0.3) is 0 Å². The highest BCUT2D eigenvalue weighted by atomic mass is 79.9. The molecule has 0 radical (unpaired) electrons. The largest absolute Gasteiger partial charge is 0.283 e. The van der Waals surface area contributed by atoms with Gasteiger partial charge in [0, 0.05) is 21.0 Å². The Kier molecular flexibility index (Phi) is 6.26. The Morgan fingerprint density at radius 1 is 1.07 bits per heavy atom. The third-order valence-corrected chi connectivity index (χ3v) is 5.28. The van der Waals surface area contributed by atoms with Crippen LogP contribution in [0.4, 0.5) is 11.4 Å². The van der Waals surface area contributed by atoms with Crippen LogP contribution in [0.15, 0.2) is 86.1 Å². The second kappa shape index (κ2) is 8.83. The highest BCUT2D eigenvalue weighted by Crippen LogP contribution is 2.35. The second-order valence-corrected chi connectivity index (χ2v) is 7.81. The van der Waals surface area contributed by atoms with Crippen LogP contribution >= 0.6 is 27.7 Å². The molecule has 3 aromatic carbocycles. The van der Waals surface area contributed by atoms with Crippen LogP contribution in [0.3, 0.4) is 0 Å². The van der Waals surface area contributed by atoms with E-state index in [0.29, 0.717) is 10.5 Å². The van der Waals surface area contributed by atoms with E-state index in [2.05, 4.69) is 26.5 Å². The number of halogens is 1. The minimum absolute atomic E-state index is 0.0631. The maximum Gasteiger partial charge on any atom is 0.283 e. The molecule has 0 atom stereocenters. The third-order valence-electron chi connectivity index (χ3n) is 3.68. The van der Waals surface area contributed by atoms with E-state index in [1.165, 1.54) is 17.8 Å². The maximum atomic E-state index is 11.5. The zero-order valence-corrected chi connectivity index (χ0v) is 16.8. The Hall–Kier alpha value is -2.64. The van der Waals surface area contributed by atoms with Crippen LogP contribution in [0.1, 0.15) is 11.1 Å². The quantitative estimate of drug-likeness (QED) is 0.278. The first-order valence-electron chi connectivity index (χ1n) is 8.09. The summed E-state index contributed by atoms with van der Waals surface area (Å²) in [5, 5.41) is 15.6. The molecular weight excluding hydrogens is 426 g/mol. The van der Waals surface area contributed by atoms with Crippen molar-refractivity contribution < 1.29 is 4.92 Å². The van der Waals surface area contributed by atoms with Crippen LogP contribution in [0, 0.1) is 17.0 Å². The normalized spacial score (nSPS) is 10.9. The van der Waals surface area contributed by atoms with E-state index in [9.17, 15) is 10.1 Å². The molecular formula is C20H16BrN3O2S. The number of nitrogens with one attached hydrogen (secondary N) is 1. The van der Waals surface area contributed by atoms with Crippen LogP contribution < -0.4 is 5.43 Å². The van der Waals surface area contributed by atoms with Crippen molar-refractivity contribution in [1.29, 1.82) is 0 Å². The van der Waals surface area contributed by atoms with Crippen molar-refractivity contribution >= 4 is 45.3 Å². The molecule has 0 saturated heterocycles. The van der Waals surface area contributed by atoms with Crippen molar-refractivity contribution in [1.82, 2.24) is 0 Å². The number of hydrogen-bond acceptors (Lipinski definition) is 5. The van der Waals surface area contributed by atoms with Gasteiger partial charge in [-0.1, -0.05) is 51.5 Å². The van der Waals surface area contributed by atoms with Gasteiger partial charge in [0.05, 0.1) is 21.7 Å². The first-order valence-corrected chi connectivity index (χ1v) is 9.70. The molecule has 7 heteroatoms. The molecule has 0 aliphatic rings. The lowest BCUT2D eigenvalue weighted by Gasteiger charge is -2.05. The summed E-state index contributed by atoms with van der Waals surface area (Å²) in [6.45, 7) is 2.01. The van der Waals surface area contributed by atoms with E-state index in [0.717, 1.165) is 20.6 Å². The van der Waals surface area contributed by atoms with Gasteiger partial charge in [0.15, 0.2) is 0 Å². The van der Waals surface area contributed by atoms with Gasteiger partial charge >= 0.3 is 0 Å². The van der Waals surface area contributed by atoms with Crippen molar-refractivity contribution in [2.24, 2.45) is 5.10 Å². The zero-order chi connectivity index (χ0) is 19.2. The van der Waals surface area contributed by atoms with Gasteiger partial charge in [-0.25, -0.2) is 0 Å². The summed E-state index contributed by atoms with van der Waals surface area (Å²) >= 11 is 4.75. The number of hydrogen-bond donors (Lipinski definition) is 1. The SMILES string of the molecule is Cc1ccc(Sc2ccc(/C=N/Nc3ccc(Br)cc3)cc2[N+](=O)[O-])cc1. The number of nitro groups is 1. The topological polar surface area (TPSA) is 67.5 Å². The minimum Gasteiger partial charge on any atom is -0.279 e. The average Bonchev–Trinajstić information content (AvgIpc) is 2.66. The fourth-order valence-corrected chi connectivity index (χ4v) is 3.45. The van der Waals surface area contributed by atoms with E-state index in [1.54, 1.807) is 12.3 Å². The van der Waals surface area contributed by atoms with Crippen molar-refractivity contribution in [3.8, 4) is 0 Å². The standard InChI is InChI=1S/C20H16BrN3O2S/c1-14-2-9-18(10-3-14)27-20-11-4-15(12-19(20)24(25)26)13-22-23-17-7-5-16(21)6-8-17/h2-13,23H,1H3/b22-13+. The highest BCUT2D eigenvalue weighted by molar-refractivity contribution is 9.10. The summed E-state index contributed by atoms with van der Waals surface area (Å²) in [5.74, 6) is 0. The van der Waals surface area contributed by atoms with Gasteiger partial charge in [0.2, 0.25) is 0 Å². The number of hydrazone groups is 1. The first-order chi connectivity index (χ1) is 13.0. The number of nitro benzene ring substituents is 1. The molecule has 0 aliphatic heterocycles. The molecule has 27 heavy (non-hydrogen) atoms. The molecule has 0 saturated carbocycles. The molecule has 5 nitrogen and oxygen atoms in total. The summed E-state index contributed by atoms with van der Waals surface area (Å²) in [5.41, 5.74) is 5.60. The van der Waals surface area contributed by atoms with E-state index < -0.39 is 0 Å². The molecule has 136 valence electrons. The molecule has 3 rings (SSSR count). The Labute approximate surface area is 169 Å². The lowest BCUT2D eigenvalue weighted by Crippen LogP contribution is -1.95. The molecule has 3 aromatic rings. The average molecular weight is 442 g/mol. The van der Waals surface area contributed by atoms with E-state index in [1.807, 2.05) is 61.5 Å². The predicted octanol–water partition coefficient (Wildman–Crippen LogP) is 6.26. The van der Waals surface area contributed by atoms with Gasteiger partial charge in [0.1, 0.15) is 0 Å². The molecule has 1 N–H and O–H groups in total. The van der Waals surface area contributed by atoms with Crippen molar-refractivity contribution in [3.05, 3.63) is 92.4 Å². The lowest BCUT2D eigenvalue weighted by molar-refractivity contribution is -0.387. The van der Waals surface area contributed by atoms with Gasteiger partial charge in [-0.05, 0) is 49.4 Å². The van der Waals surface area contributed by atoms with Gasteiger partial charge in [0.25, 0.3) is 5.69 Å². The molecule has 0 bridgehead atoms. The Bertz CT molecular complexity index is 974. The summed E-state index contributed by atoms with van der Waals surface area (Å²) in [7, 11) is 0. The monoisotopic (exact) mass is 441 g/mol. The molecule has 0 unspecified atom stereocenters. The van der Waals surface area contributed by atoms with Gasteiger partial charge in [-0.15, -0.1) is 0 Å². The summed E-state index contributed by atoms with van der Waals surface area (Å²) in [6.07, 6.45) is 1.56. The predicted molar refractivity (Wildman–Crippen MR) is 114 cm³/mol. The molecule has 0 spiro atoms. The summed E-state index contributed by atoms with van der Waals surface area (Å²) in [4.78, 5) is 12.7. The number of anilines is 1. The van der Waals surface area contributed by atoms with Crippen molar-refractivity contribution in [3.63, 3.8) is 0 Å². The summed E-state index contributed by atoms with van der Waals surface area (Å²) < 4.78 is 0.981. The Morgan fingerprint density at radius 3 is 2.44 bits per heavy atom. The Morgan fingerprint density at radius 2 is 1.78 bits per heavy atom. The third kappa shape index (κ3) is 5.42. The zero-order valence-electron chi connectivity index (χ0n) is 14.4. The van der Waals surface area contributed by atoms with Crippen LogP contribution in [0.5, 0.6) is 0 Å². The number of nitrogens with zero attached hydrogens (tertiary/aromatic N) is 2. The fraction of sp³-hybridized carbons (Fsp3) is 0.0500.